The van der Waals surface area contributed by atoms with Crippen molar-refractivity contribution >= 4 is 0 Å². The van der Waals surface area contributed by atoms with Crippen LogP contribution in [0.3, 0.4) is 0 Å². The Balaban J connectivity index is 3.15. The summed E-state index contributed by atoms with van der Waals surface area (Å²) in [5.41, 5.74) is 0. The molecular weight excluding hydrogens is 112 g/mol. The first kappa shape index (κ1) is 8.96. The zero-order valence-electron chi connectivity index (χ0n) is 6.90. The fourth-order valence-electron chi connectivity index (χ4n) is 1.04. The van der Waals surface area contributed by atoms with E-state index >= 15 is 0 Å². The second-order valence-electron chi connectivity index (χ2n) is 2.97. The van der Waals surface area contributed by atoms with Crippen LogP contribution >= 0.6 is 0 Å². The summed E-state index contributed by atoms with van der Waals surface area (Å²) >= 11 is 0. The molecule has 0 saturated heterocycles. The van der Waals surface area contributed by atoms with E-state index in [1.54, 1.807) is 7.11 Å². The number of methoxy groups -OCH3 is 1. The van der Waals surface area contributed by atoms with Crippen LogP contribution in [-0.2, 0) is 4.74 Å². The Kier molecular flexibility index (Phi) is 4.78. The predicted octanol–water partition coefficient (Wildman–Crippen LogP) is 2.27. The van der Waals surface area contributed by atoms with E-state index in [-0.39, 0.29) is 0 Å². The Morgan fingerprint density at radius 3 is 2.33 bits per heavy atom. The molecule has 0 aliphatic rings. The summed E-state index contributed by atoms with van der Waals surface area (Å²) in [6.07, 6.45) is 1.19. The summed E-state index contributed by atoms with van der Waals surface area (Å²) in [5, 5.41) is 0. The third-order valence-electron chi connectivity index (χ3n) is 1.21. The molecule has 0 aromatic heterocycles. The molecule has 1 radical (unpaired) electrons. The summed E-state index contributed by atoms with van der Waals surface area (Å²) in [6, 6.07) is 0. The van der Waals surface area contributed by atoms with Gasteiger partial charge in [-0.2, -0.15) is 0 Å². The SMILES string of the molecule is COCC(C)C[C](C)C. The van der Waals surface area contributed by atoms with Gasteiger partial charge < -0.3 is 4.74 Å². The normalized spacial score (nSPS) is 14.3. The van der Waals surface area contributed by atoms with E-state index < -0.39 is 0 Å². The average molecular weight is 129 g/mol. The molecule has 55 valence electrons. The van der Waals surface area contributed by atoms with Crippen molar-refractivity contribution < 1.29 is 4.74 Å². The Labute approximate surface area is 58.4 Å². The average Bonchev–Trinajstić information content (AvgIpc) is 1.63. The number of ether oxygens (including phenoxy) is 1. The van der Waals surface area contributed by atoms with Crippen molar-refractivity contribution in [1.82, 2.24) is 0 Å². The zero-order valence-corrected chi connectivity index (χ0v) is 6.90. The molecule has 1 atom stereocenters. The molecule has 1 nitrogen and oxygen atoms in total. The van der Waals surface area contributed by atoms with Gasteiger partial charge in [-0.25, -0.2) is 0 Å². The summed E-state index contributed by atoms with van der Waals surface area (Å²) in [6.45, 7) is 7.40. The smallest absolute Gasteiger partial charge is 0.0488 e. The lowest BCUT2D eigenvalue weighted by atomic mass is 10.00. The second-order valence-corrected chi connectivity index (χ2v) is 2.97. The van der Waals surface area contributed by atoms with Gasteiger partial charge in [0.15, 0.2) is 0 Å². The second kappa shape index (κ2) is 4.80. The van der Waals surface area contributed by atoms with E-state index in [0.29, 0.717) is 5.92 Å². The summed E-state index contributed by atoms with van der Waals surface area (Å²) in [4.78, 5) is 0. The van der Waals surface area contributed by atoms with E-state index in [2.05, 4.69) is 20.8 Å². The molecule has 0 spiro atoms. The minimum absolute atomic E-state index is 0.681. The van der Waals surface area contributed by atoms with Gasteiger partial charge in [-0.05, 0) is 18.3 Å². The monoisotopic (exact) mass is 129 g/mol. The first-order chi connectivity index (χ1) is 4.16. The maximum absolute atomic E-state index is 4.99. The van der Waals surface area contributed by atoms with Crippen LogP contribution in [0.2, 0.25) is 0 Å². The van der Waals surface area contributed by atoms with Crippen molar-refractivity contribution in [3.05, 3.63) is 5.92 Å². The standard InChI is InChI=1S/C8H17O/c1-7(2)5-8(3)6-9-4/h8H,5-6H2,1-4H3. The van der Waals surface area contributed by atoms with Crippen LogP contribution in [-0.4, -0.2) is 13.7 Å². The van der Waals surface area contributed by atoms with E-state index in [4.69, 9.17) is 4.74 Å². The van der Waals surface area contributed by atoms with Crippen molar-refractivity contribution in [3.63, 3.8) is 0 Å². The maximum atomic E-state index is 4.99. The van der Waals surface area contributed by atoms with Crippen LogP contribution in [0.25, 0.3) is 0 Å². The minimum atomic E-state index is 0.681. The van der Waals surface area contributed by atoms with Crippen LogP contribution in [0.1, 0.15) is 27.2 Å². The van der Waals surface area contributed by atoms with Crippen LogP contribution < -0.4 is 0 Å². The molecule has 0 heterocycles. The lowest BCUT2D eigenvalue weighted by Crippen LogP contribution is -2.05. The number of rotatable bonds is 4. The summed E-state index contributed by atoms with van der Waals surface area (Å²) in [7, 11) is 1.75. The van der Waals surface area contributed by atoms with Gasteiger partial charge in [0.1, 0.15) is 0 Å². The van der Waals surface area contributed by atoms with Crippen molar-refractivity contribution in [2.75, 3.05) is 13.7 Å². The van der Waals surface area contributed by atoms with Gasteiger partial charge in [-0.15, -0.1) is 0 Å². The molecule has 0 amide bonds. The van der Waals surface area contributed by atoms with Crippen LogP contribution in [0.15, 0.2) is 0 Å². The lowest BCUT2D eigenvalue weighted by Gasteiger charge is -2.11. The molecule has 9 heavy (non-hydrogen) atoms. The van der Waals surface area contributed by atoms with E-state index in [9.17, 15) is 0 Å². The quantitative estimate of drug-likeness (QED) is 0.565. The predicted molar refractivity (Wildman–Crippen MR) is 40.2 cm³/mol. The molecule has 0 aromatic rings. The molecule has 0 fully saturated rings. The highest BCUT2D eigenvalue weighted by molar-refractivity contribution is 4.78. The maximum Gasteiger partial charge on any atom is 0.0488 e. The topological polar surface area (TPSA) is 9.23 Å². The highest BCUT2D eigenvalue weighted by atomic mass is 16.5. The zero-order chi connectivity index (χ0) is 7.28. The number of hydrogen-bond donors (Lipinski definition) is 0. The highest BCUT2D eigenvalue weighted by Crippen LogP contribution is 2.11. The highest BCUT2D eigenvalue weighted by Gasteiger charge is 2.03. The van der Waals surface area contributed by atoms with Gasteiger partial charge >= 0.3 is 0 Å². The van der Waals surface area contributed by atoms with Crippen molar-refractivity contribution in [2.24, 2.45) is 5.92 Å². The van der Waals surface area contributed by atoms with Gasteiger partial charge in [-0.3, -0.25) is 0 Å². The first-order valence-corrected chi connectivity index (χ1v) is 3.44. The molecule has 0 aromatic carbocycles. The molecule has 0 saturated carbocycles. The van der Waals surface area contributed by atoms with Gasteiger partial charge in [0.2, 0.25) is 0 Å². The number of hydrogen-bond acceptors (Lipinski definition) is 1. The fraction of sp³-hybridized carbons (Fsp3) is 0.875. The third kappa shape index (κ3) is 5.84. The third-order valence-corrected chi connectivity index (χ3v) is 1.21. The molecule has 0 N–H and O–H groups in total. The van der Waals surface area contributed by atoms with Crippen molar-refractivity contribution in [2.45, 2.75) is 27.2 Å². The van der Waals surface area contributed by atoms with Crippen LogP contribution in [0, 0.1) is 11.8 Å². The van der Waals surface area contributed by atoms with Gasteiger partial charge in [0.25, 0.3) is 0 Å². The molecule has 1 heteroatoms. The molecular formula is C8H17O. The summed E-state index contributed by atoms with van der Waals surface area (Å²) in [5.74, 6) is 2.17. The van der Waals surface area contributed by atoms with Gasteiger partial charge in [0, 0.05) is 13.7 Å². The van der Waals surface area contributed by atoms with Crippen LogP contribution in [0.4, 0.5) is 0 Å². The first-order valence-electron chi connectivity index (χ1n) is 3.44. The molecule has 0 rings (SSSR count). The largest absolute Gasteiger partial charge is 0.384 e. The Morgan fingerprint density at radius 2 is 2.00 bits per heavy atom. The Hall–Kier alpha value is -0.0400. The fourth-order valence-corrected chi connectivity index (χ4v) is 1.04. The van der Waals surface area contributed by atoms with Crippen molar-refractivity contribution in [3.8, 4) is 0 Å². The molecule has 0 aliphatic heterocycles. The molecule has 1 unspecified atom stereocenters. The van der Waals surface area contributed by atoms with E-state index in [1.807, 2.05) is 0 Å². The van der Waals surface area contributed by atoms with Crippen molar-refractivity contribution in [1.29, 1.82) is 0 Å². The summed E-state index contributed by atoms with van der Waals surface area (Å²) < 4.78 is 4.99. The Bertz CT molecular complexity index is 59.6. The minimum Gasteiger partial charge on any atom is -0.384 e. The van der Waals surface area contributed by atoms with Gasteiger partial charge in [-0.1, -0.05) is 20.8 Å². The molecule has 0 bridgehead atoms. The van der Waals surface area contributed by atoms with E-state index in [1.165, 1.54) is 12.3 Å². The molecule has 0 aliphatic carbocycles. The Morgan fingerprint density at radius 1 is 1.44 bits per heavy atom. The lowest BCUT2D eigenvalue weighted by molar-refractivity contribution is 0.157. The van der Waals surface area contributed by atoms with E-state index in [0.717, 1.165) is 6.61 Å². The van der Waals surface area contributed by atoms with Crippen LogP contribution in [0.5, 0.6) is 0 Å². The van der Waals surface area contributed by atoms with Gasteiger partial charge in [0.05, 0.1) is 0 Å².